The topological polar surface area (TPSA) is 60.2 Å². The second-order valence-electron chi connectivity index (χ2n) is 3.73. The molecule has 0 amide bonds. The van der Waals surface area contributed by atoms with Crippen LogP contribution in [0.5, 0.6) is 0 Å². The van der Waals surface area contributed by atoms with E-state index in [1.165, 1.54) is 11.3 Å². The lowest BCUT2D eigenvalue weighted by molar-refractivity contribution is 0.532. The first-order chi connectivity index (χ1) is 6.42. The molecule has 0 spiro atoms. The third-order valence-electron chi connectivity index (χ3n) is 2.23. The molecule has 3 nitrogen and oxygen atoms in total. The van der Waals surface area contributed by atoms with Crippen LogP contribution in [0.25, 0.3) is 0 Å². The molecule has 2 N–H and O–H groups in total. The van der Waals surface area contributed by atoms with Crippen LogP contribution in [0.4, 0.5) is 0 Å². The number of thiophene rings is 1. The van der Waals surface area contributed by atoms with E-state index in [9.17, 15) is 8.42 Å². The van der Waals surface area contributed by atoms with Gasteiger partial charge in [0.05, 0.1) is 4.75 Å². The molecule has 14 heavy (non-hydrogen) atoms. The fourth-order valence-corrected chi connectivity index (χ4v) is 4.16. The molecule has 0 fully saturated rings. The molecule has 1 heterocycles. The van der Waals surface area contributed by atoms with Crippen LogP contribution in [-0.4, -0.2) is 19.7 Å². The van der Waals surface area contributed by atoms with E-state index in [-0.39, 0.29) is 0 Å². The van der Waals surface area contributed by atoms with Gasteiger partial charge in [-0.1, -0.05) is 6.07 Å². The number of nitrogens with two attached hydrogens (primary N) is 1. The molecule has 0 aromatic carbocycles. The van der Waals surface area contributed by atoms with Gasteiger partial charge in [-0.05, 0) is 38.3 Å². The van der Waals surface area contributed by atoms with Gasteiger partial charge < -0.3 is 5.73 Å². The van der Waals surface area contributed by atoms with E-state index in [0.29, 0.717) is 17.2 Å². The van der Waals surface area contributed by atoms with Crippen molar-refractivity contribution in [2.24, 2.45) is 5.73 Å². The van der Waals surface area contributed by atoms with E-state index in [0.717, 1.165) is 0 Å². The Balaban J connectivity index is 3.08. The minimum Gasteiger partial charge on any atom is -0.330 e. The maximum atomic E-state index is 12.1. The molecular formula is C9H15NO2S2. The standard InChI is InChI=1S/C9H15NO2S2/c1-9(2,5-6-10)14(11,12)8-4-3-7-13-8/h3-4,7H,5-6,10H2,1-2H3. The molecule has 0 unspecified atom stereocenters. The molecule has 1 aromatic rings. The van der Waals surface area contributed by atoms with Crippen molar-refractivity contribution < 1.29 is 8.42 Å². The summed E-state index contributed by atoms with van der Waals surface area (Å²) in [5.74, 6) is 0. The van der Waals surface area contributed by atoms with Crippen LogP contribution >= 0.6 is 11.3 Å². The Morgan fingerprint density at radius 2 is 2.14 bits per heavy atom. The molecule has 1 aromatic heterocycles. The zero-order valence-corrected chi connectivity index (χ0v) is 9.99. The zero-order chi connectivity index (χ0) is 10.8. The summed E-state index contributed by atoms with van der Waals surface area (Å²) >= 11 is 1.25. The smallest absolute Gasteiger partial charge is 0.192 e. The van der Waals surface area contributed by atoms with Crippen LogP contribution in [-0.2, 0) is 9.84 Å². The van der Waals surface area contributed by atoms with E-state index in [2.05, 4.69) is 0 Å². The molecule has 1 rings (SSSR count). The van der Waals surface area contributed by atoms with Gasteiger partial charge in [-0.3, -0.25) is 0 Å². The summed E-state index contributed by atoms with van der Waals surface area (Å²) in [7, 11) is -3.22. The predicted molar refractivity (Wildman–Crippen MR) is 59.3 cm³/mol. The van der Waals surface area contributed by atoms with E-state index in [4.69, 9.17) is 5.73 Å². The molecule has 80 valence electrons. The molecule has 5 heteroatoms. The lowest BCUT2D eigenvalue weighted by Crippen LogP contribution is -2.33. The van der Waals surface area contributed by atoms with Crippen LogP contribution in [0.2, 0.25) is 0 Å². The average molecular weight is 233 g/mol. The van der Waals surface area contributed by atoms with E-state index < -0.39 is 14.6 Å². The Morgan fingerprint density at radius 3 is 2.57 bits per heavy atom. The fraction of sp³-hybridized carbons (Fsp3) is 0.556. The SMILES string of the molecule is CC(C)(CCN)S(=O)(=O)c1cccs1. The van der Waals surface area contributed by atoms with Crippen molar-refractivity contribution in [2.75, 3.05) is 6.54 Å². The van der Waals surface area contributed by atoms with Crippen LogP contribution in [0, 0.1) is 0 Å². The Labute approximate surface area is 88.9 Å². The Kier molecular flexibility index (Phi) is 3.34. The molecule has 0 aliphatic carbocycles. The van der Waals surface area contributed by atoms with Gasteiger partial charge in [0.2, 0.25) is 0 Å². The Morgan fingerprint density at radius 1 is 1.50 bits per heavy atom. The summed E-state index contributed by atoms with van der Waals surface area (Å²) in [5.41, 5.74) is 5.40. The molecule has 0 saturated carbocycles. The highest BCUT2D eigenvalue weighted by Crippen LogP contribution is 2.30. The van der Waals surface area contributed by atoms with Gasteiger partial charge in [0.15, 0.2) is 9.84 Å². The maximum absolute atomic E-state index is 12.1. The largest absolute Gasteiger partial charge is 0.330 e. The van der Waals surface area contributed by atoms with Gasteiger partial charge in [0.1, 0.15) is 4.21 Å². The fourth-order valence-electron chi connectivity index (χ4n) is 1.17. The number of hydrogen-bond acceptors (Lipinski definition) is 4. The zero-order valence-electron chi connectivity index (χ0n) is 8.36. The van der Waals surface area contributed by atoms with Crippen LogP contribution < -0.4 is 5.73 Å². The van der Waals surface area contributed by atoms with Crippen molar-refractivity contribution >= 4 is 21.2 Å². The van der Waals surface area contributed by atoms with Crippen LogP contribution in [0.1, 0.15) is 20.3 Å². The molecule has 0 saturated heterocycles. The van der Waals surface area contributed by atoms with Crippen LogP contribution in [0.15, 0.2) is 21.7 Å². The highest BCUT2D eigenvalue weighted by Gasteiger charge is 2.35. The number of sulfone groups is 1. The molecular weight excluding hydrogens is 218 g/mol. The normalized spacial score (nSPS) is 13.1. The lowest BCUT2D eigenvalue weighted by atomic mass is 10.1. The average Bonchev–Trinajstić information content (AvgIpc) is 2.55. The van der Waals surface area contributed by atoms with Gasteiger partial charge in [-0.25, -0.2) is 8.42 Å². The Hall–Kier alpha value is -0.390. The first kappa shape index (κ1) is 11.7. The van der Waals surface area contributed by atoms with Crippen molar-refractivity contribution in [1.82, 2.24) is 0 Å². The quantitative estimate of drug-likeness (QED) is 0.860. The summed E-state index contributed by atoms with van der Waals surface area (Å²) in [6, 6.07) is 3.38. The highest BCUT2D eigenvalue weighted by molar-refractivity contribution is 7.94. The van der Waals surface area contributed by atoms with Gasteiger partial charge in [0, 0.05) is 0 Å². The summed E-state index contributed by atoms with van der Waals surface area (Å²) in [6.45, 7) is 3.82. The molecule has 0 aliphatic rings. The molecule has 0 radical (unpaired) electrons. The Bertz CT molecular complexity index is 379. The minimum absolute atomic E-state index is 0.387. The number of hydrogen-bond donors (Lipinski definition) is 1. The molecule has 0 bridgehead atoms. The second kappa shape index (κ2) is 4.00. The molecule has 0 aliphatic heterocycles. The van der Waals surface area contributed by atoms with E-state index in [1.807, 2.05) is 0 Å². The third-order valence-corrected chi connectivity index (χ3v) is 6.17. The van der Waals surface area contributed by atoms with Gasteiger partial charge in [0.25, 0.3) is 0 Å². The summed E-state index contributed by atoms with van der Waals surface area (Å²) < 4.78 is 23.8. The van der Waals surface area contributed by atoms with Gasteiger partial charge >= 0.3 is 0 Å². The summed E-state index contributed by atoms with van der Waals surface area (Å²) in [6.07, 6.45) is 0.479. The first-order valence-electron chi connectivity index (χ1n) is 4.40. The van der Waals surface area contributed by atoms with Crippen molar-refractivity contribution in [3.63, 3.8) is 0 Å². The summed E-state index contributed by atoms with van der Waals surface area (Å²) in [5, 5.41) is 1.77. The number of rotatable bonds is 4. The van der Waals surface area contributed by atoms with Crippen molar-refractivity contribution in [3.8, 4) is 0 Å². The monoisotopic (exact) mass is 233 g/mol. The second-order valence-corrected chi connectivity index (χ2v) is 7.49. The minimum atomic E-state index is -3.22. The van der Waals surface area contributed by atoms with Gasteiger partial charge in [-0.15, -0.1) is 11.3 Å². The summed E-state index contributed by atoms with van der Waals surface area (Å²) in [4.78, 5) is 0. The van der Waals surface area contributed by atoms with Crippen molar-refractivity contribution in [1.29, 1.82) is 0 Å². The van der Waals surface area contributed by atoms with E-state index >= 15 is 0 Å². The highest BCUT2D eigenvalue weighted by atomic mass is 32.2. The van der Waals surface area contributed by atoms with Gasteiger partial charge in [-0.2, -0.15) is 0 Å². The molecule has 0 atom stereocenters. The van der Waals surface area contributed by atoms with E-state index in [1.54, 1.807) is 31.4 Å². The van der Waals surface area contributed by atoms with Crippen LogP contribution in [0.3, 0.4) is 0 Å². The first-order valence-corrected chi connectivity index (χ1v) is 6.76. The lowest BCUT2D eigenvalue weighted by Gasteiger charge is -2.22. The van der Waals surface area contributed by atoms with Crippen molar-refractivity contribution in [2.45, 2.75) is 29.2 Å². The predicted octanol–water partition coefficient (Wildman–Crippen LogP) is 1.65. The maximum Gasteiger partial charge on any atom is 0.192 e. The third kappa shape index (κ3) is 1.99. The van der Waals surface area contributed by atoms with Crippen molar-refractivity contribution in [3.05, 3.63) is 17.5 Å².